The molecule has 0 saturated carbocycles. The van der Waals surface area contributed by atoms with E-state index in [0.29, 0.717) is 43.9 Å². The summed E-state index contributed by atoms with van der Waals surface area (Å²) in [5.74, 6) is -0.389. The van der Waals surface area contributed by atoms with Crippen LogP contribution in [0.25, 0.3) is 0 Å². The lowest BCUT2D eigenvalue weighted by molar-refractivity contribution is -0.149. The largest absolute Gasteiger partial charge is 0.466 e. The van der Waals surface area contributed by atoms with Crippen LogP contribution >= 0.6 is 15.9 Å². The summed E-state index contributed by atoms with van der Waals surface area (Å²) in [6, 6.07) is 1.07. The van der Waals surface area contributed by atoms with Gasteiger partial charge < -0.3 is 14.4 Å². The smallest absolute Gasteiger partial charge is 0.309 e. The molecule has 2 rings (SSSR count). The van der Waals surface area contributed by atoms with Crippen molar-refractivity contribution in [3.8, 4) is 0 Å². The van der Waals surface area contributed by atoms with Gasteiger partial charge in [-0.05, 0) is 41.7 Å². The van der Waals surface area contributed by atoms with Crippen LogP contribution in [0.1, 0.15) is 30.4 Å². The highest BCUT2D eigenvalue weighted by molar-refractivity contribution is 9.10. The topological polar surface area (TPSA) is 86.6 Å². The normalized spacial score (nSPS) is 15.8. The third-order valence-corrected chi connectivity index (χ3v) is 6.72. The average molecular weight is 461 g/mol. The second-order valence-electron chi connectivity index (χ2n) is 7.87. The van der Waals surface area contributed by atoms with Gasteiger partial charge in [-0.1, -0.05) is 19.6 Å². The fourth-order valence-corrected chi connectivity index (χ4v) is 3.85. The van der Waals surface area contributed by atoms with Crippen LogP contribution in [0.2, 0.25) is 25.7 Å². The summed E-state index contributed by atoms with van der Waals surface area (Å²) in [7, 11) is -1.14. The first-order chi connectivity index (χ1) is 12.7. The van der Waals surface area contributed by atoms with Crippen LogP contribution in [0.4, 0.5) is 0 Å². The van der Waals surface area contributed by atoms with E-state index in [1.165, 1.54) is 0 Å². The van der Waals surface area contributed by atoms with Gasteiger partial charge in [-0.2, -0.15) is 4.98 Å². The number of likely N-dealkylation sites (tertiary alicyclic amines) is 1. The number of halogens is 1. The molecule has 1 aliphatic heterocycles. The van der Waals surface area contributed by atoms with Gasteiger partial charge in [-0.3, -0.25) is 9.59 Å². The molecule has 0 atom stereocenters. The minimum Gasteiger partial charge on any atom is -0.466 e. The van der Waals surface area contributed by atoms with Gasteiger partial charge in [0.25, 0.3) is 5.91 Å². The van der Waals surface area contributed by atoms with Crippen molar-refractivity contribution in [2.75, 3.05) is 26.3 Å². The Balaban J connectivity index is 1.86. The van der Waals surface area contributed by atoms with Crippen LogP contribution in [0.5, 0.6) is 0 Å². The van der Waals surface area contributed by atoms with Gasteiger partial charge in [-0.15, -0.1) is 5.10 Å². The van der Waals surface area contributed by atoms with Gasteiger partial charge in [-0.25, -0.2) is 4.68 Å². The van der Waals surface area contributed by atoms with E-state index in [9.17, 15) is 9.59 Å². The van der Waals surface area contributed by atoms with Crippen LogP contribution < -0.4 is 0 Å². The van der Waals surface area contributed by atoms with Crippen molar-refractivity contribution in [1.82, 2.24) is 19.7 Å². The molecule has 2 heterocycles. The highest BCUT2D eigenvalue weighted by Crippen LogP contribution is 2.20. The van der Waals surface area contributed by atoms with Gasteiger partial charge in [0.15, 0.2) is 4.73 Å². The number of carbonyl (C=O) groups excluding carboxylic acids is 2. The molecule has 1 aromatic heterocycles. The predicted molar refractivity (Wildman–Crippen MR) is 107 cm³/mol. The summed E-state index contributed by atoms with van der Waals surface area (Å²) in [5, 5.41) is 4.26. The molecular weight excluding hydrogens is 432 g/mol. The van der Waals surface area contributed by atoms with Gasteiger partial charge in [0.1, 0.15) is 6.73 Å². The Hall–Kier alpha value is -1.26. The molecular formula is C17H29BrN4O4Si. The number of hydrogen-bond acceptors (Lipinski definition) is 6. The molecule has 1 aromatic rings. The molecule has 0 N–H and O–H groups in total. The summed E-state index contributed by atoms with van der Waals surface area (Å²) < 4.78 is 12.7. The van der Waals surface area contributed by atoms with Crippen LogP contribution in [-0.2, 0) is 21.0 Å². The summed E-state index contributed by atoms with van der Waals surface area (Å²) in [6.07, 6.45) is 1.21. The molecule has 0 radical (unpaired) electrons. The van der Waals surface area contributed by atoms with Crippen molar-refractivity contribution in [3.63, 3.8) is 0 Å². The minimum atomic E-state index is -1.14. The predicted octanol–water partition coefficient (Wildman–Crippen LogP) is 2.77. The van der Waals surface area contributed by atoms with Gasteiger partial charge in [0.05, 0.1) is 12.5 Å². The number of amides is 1. The maximum absolute atomic E-state index is 12.6. The number of piperidine rings is 1. The maximum atomic E-state index is 12.6. The van der Waals surface area contributed by atoms with Crippen LogP contribution in [0.3, 0.4) is 0 Å². The first-order valence-electron chi connectivity index (χ1n) is 9.35. The number of esters is 1. The van der Waals surface area contributed by atoms with Crippen LogP contribution in [-0.4, -0.2) is 65.9 Å². The molecule has 0 unspecified atom stereocenters. The average Bonchev–Trinajstić information content (AvgIpc) is 2.98. The number of aromatic nitrogens is 3. The quantitative estimate of drug-likeness (QED) is 0.336. The molecule has 27 heavy (non-hydrogen) atoms. The first-order valence-corrected chi connectivity index (χ1v) is 13.9. The van der Waals surface area contributed by atoms with Crippen molar-refractivity contribution >= 4 is 35.9 Å². The van der Waals surface area contributed by atoms with Crippen molar-refractivity contribution in [1.29, 1.82) is 0 Å². The molecule has 0 aliphatic carbocycles. The Kier molecular flexibility index (Phi) is 7.99. The molecule has 8 nitrogen and oxygen atoms in total. The fraction of sp³-hybridized carbons (Fsp3) is 0.765. The molecule has 1 aliphatic rings. The highest BCUT2D eigenvalue weighted by atomic mass is 79.9. The van der Waals surface area contributed by atoms with Crippen LogP contribution in [0.15, 0.2) is 4.73 Å². The lowest BCUT2D eigenvalue weighted by atomic mass is 9.97. The Labute approximate surface area is 169 Å². The van der Waals surface area contributed by atoms with E-state index in [0.717, 1.165) is 6.04 Å². The second kappa shape index (κ2) is 9.79. The number of nitrogens with zero attached hydrogens (tertiary/aromatic N) is 4. The zero-order chi connectivity index (χ0) is 20.0. The summed E-state index contributed by atoms with van der Waals surface area (Å²) >= 11 is 3.33. The number of carbonyl (C=O) groups is 2. The molecule has 1 amide bonds. The van der Waals surface area contributed by atoms with Crippen LogP contribution in [0, 0.1) is 5.92 Å². The van der Waals surface area contributed by atoms with E-state index >= 15 is 0 Å². The van der Waals surface area contributed by atoms with Crippen molar-refractivity contribution in [2.24, 2.45) is 5.92 Å². The maximum Gasteiger partial charge on any atom is 0.309 e. The second-order valence-corrected chi connectivity index (χ2v) is 14.2. The molecule has 152 valence electrons. The van der Waals surface area contributed by atoms with Gasteiger partial charge in [0, 0.05) is 27.8 Å². The molecule has 0 spiro atoms. The van der Waals surface area contributed by atoms with Crippen molar-refractivity contribution in [3.05, 3.63) is 10.6 Å². The Bertz CT molecular complexity index is 654. The molecule has 10 heteroatoms. The summed E-state index contributed by atoms with van der Waals surface area (Å²) in [6.45, 7) is 11.0. The van der Waals surface area contributed by atoms with Gasteiger partial charge in [0.2, 0.25) is 5.82 Å². The van der Waals surface area contributed by atoms with E-state index in [1.807, 2.05) is 0 Å². The SMILES string of the molecule is CCOC(=O)C1CCN(C(=O)c2nc(Br)n(COCC[Si](C)(C)C)n2)CC1. The van der Waals surface area contributed by atoms with E-state index in [1.54, 1.807) is 16.5 Å². The fourth-order valence-electron chi connectivity index (χ4n) is 2.74. The van der Waals surface area contributed by atoms with Gasteiger partial charge >= 0.3 is 5.97 Å². The zero-order valence-corrected chi connectivity index (χ0v) is 19.1. The monoisotopic (exact) mass is 460 g/mol. The number of ether oxygens (including phenoxy) is 2. The van der Waals surface area contributed by atoms with Crippen molar-refractivity contribution < 1.29 is 19.1 Å². The zero-order valence-electron chi connectivity index (χ0n) is 16.5. The summed E-state index contributed by atoms with van der Waals surface area (Å²) in [5.41, 5.74) is 0. The standard InChI is InChI=1S/C17H29BrN4O4Si/c1-5-26-16(24)13-6-8-21(9-7-13)15(23)14-19-17(18)22(20-14)12-25-10-11-27(2,3)4/h13H,5-12H2,1-4H3. The first kappa shape index (κ1) is 22.0. The number of rotatable bonds is 8. The third-order valence-electron chi connectivity index (χ3n) is 4.43. The lowest BCUT2D eigenvalue weighted by Gasteiger charge is -2.30. The minimum absolute atomic E-state index is 0.133. The molecule has 0 aromatic carbocycles. The van der Waals surface area contributed by atoms with E-state index in [4.69, 9.17) is 9.47 Å². The highest BCUT2D eigenvalue weighted by Gasteiger charge is 2.30. The molecule has 1 fully saturated rings. The molecule has 0 bridgehead atoms. The lowest BCUT2D eigenvalue weighted by Crippen LogP contribution is -2.41. The molecule has 1 saturated heterocycles. The van der Waals surface area contributed by atoms with E-state index in [2.05, 4.69) is 45.7 Å². The Morgan fingerprint density at radius 1 is 1.26 bits per heavy atom. The van der Waals surface area contributed by atoms with E-state index < -0.39 is 8.07 Å². The third kappa shape index (κ3) is 6.69. The number of hydrogen-bond donors (Lipinski definition) is 0. The Morgan fingerprint density at radius 3 is 2.52 bits per heavy atom. The van der Waals surface area contributed by atoms with E-state index in [-0.39, 0.29) is 30.3 Å². The Morgan fingerprint density at radius 2 is 1.93 bits per heavy atom. The summed E-state index contributed by atoms with van der Waals surface area (Å²) in [4.78, 5) is 30.4. The van der Waals surface area contributed by atoms with Crippen molar-refractivity contribution in [2.45, 2.75) is 52.2 Å².